The lowest BCUT2D eigenvalue weighted by molar-refractivity contribution is 0.0696. The van der Waals surface area contributed by atoms with Crippen LogP contribution >= 0.6 is 0 Å². The number of carboxylic acids is 1. The quantitative estimate of drug-likeness (QED) is 0.311. The topological polar surface area (TPSA) is 126 Å². The van der Waals surface area contributed by atoms with Gasteiger partial charge in [0.25, 0.3) is 5.78 Å². The first-order valence-corrected chi connectivity index (χ1v) is 8.64. The summed E-state index contributed by atoms with van der Waals surface area (Å²) in [5.74, 6) is -3.64. The number of aryl methyl sites for hydroxylation is 1. The van der Waals surface area contributed by atoms with E-state index in [1.165, 1.54) is 6.07 Å². The predicted octanol–water partition coefficient (Wildman–Crippen LogP) is 2.63. The van der Waals surface area contributed by atoms with Gasteiger partial charge in [0, 0.05) is 17.9 Å². The molecule has 1 aliphatic carbocycles. The molecule has 0 amide bonds. The zero-order chi connectivity index (χ0) is 20.4. The molecule has 2 N–H and O–H groups in total. The van der Waals surface area contributed by atoms with E-state index in [0.29, 0.717) is 18.7 Å². The molecule has 8 nitrogen and oxygen atoms in total. The summed E-state index contributed by atoms with van der Waals surface area (Å²) in [5, 5.41) is 9.61. The number of carbonyl (C=O) groups excluding carboxylic acids is 3. The van der Waals surface area contributed by atoms with Crippen molar-refractivity contribution in [1.82, 2.24) is 9.97 Å². The van der Waals surface area contributed by atoms with E-state index in [1.807, 2.05) is 0 Å². The number of Topliss-reactive ketones (excluding diaryl/α,β-unsaturated/α-hetero) is 3. The van der Waals surface area contributed by atoms with Gasteiger partial charge in [-0.1, -0.05) is 6.08 Å². The molecule has 0 aliphatic heterocycles. The number of aromatic carboxylic acids is 1. The van der Waals surface area contributed by atoms with Crippen molar-refractivity contribution >= 4 is 23.3 Å². The van der Waals surface area contributed by atoms with Crippen LogP contribution in [0.25, 0.3) is 11.3 Å². The summed E-state index contributed by atoms with van der Waals surface area (Å²) < 4.78 is 5.26. The average Bonchev–Trinajstić information content (AvgIpc) is 3.06. The smallest absolute Gasteiger partial charge is 0.336 e. The SMILES string of the molecule is C=CCCCOCC(=O)c1cc(C(=O)O)c2c(n1)C(=O)C(=O)c1cc(C)[nH]c1-2. The fourth-order valence-corrected chi connectivity index (χ4v) is 3.04. The number of carboxylic acid groups (broad SMARTS) is 1. The minimum atomic E-state index is -1.33. The van der Waals surface area contributed by atoms with Gasteiger partial charge in [0.15, 0.2) is 0 Å². The van der Waals surface area contributed by atoms with Gasteiger partial charge in [-0.2, -0.15) is 0 Å². The molecular weight excluding hydrogens is 364 g/mol. The largest absolute Gasteiger partial charge is 0.478 e. The van der Waals surface area contributed by atoms with E-state index in [-0.39, 0.29) is 40.4 Å². The molecule has 28 heavy (non-hydrogen) atoms. The van der Waals surface area contributed by atoms with Crippen LogP contribution in [0, 0.1) is 6.92 Å². The van der Waals surface area contributed by atoms with Gasteiger partial charge < -0.3 is 14.8 Å². The van der Waals surface area contributed by atoms with Gasteiger partial charge in [-0.3, -0.25) is 14.4 Å². The van der Waals surface area contributed by atoms with Gasteiger partial charge in [0.1, 0.15) is 18.0 Å². The third kappa shape index (κ3) is 3.41. The van der Waals surface area contributed by atoms with Crippen LogP contribution in [-0.4, -0.2) is 51.6 Å². The minimum Gasteiger partial charge on any atom is -0.478 e. The van der Waals surface area contributed by atoms with E-state index < -0.39 is 23.3 Å². The summed E-state index contributed by atoms with van der Waals surface area (Å²) in [4.78, 5) is 55.9. The zero-order valence-electron chi connectivity index (χ0n) is 15.2. The Hall–Kier alpha value is -3.39. The molecule has 2 heterocycles. The first-order valence-electron chi connectivity index (χ1n) is 8.64. The highest BCUT2D eigenvalue weighted by atomic mass is 16.5. The van der Waals surface area contributed by atoms with Crippen LogP contribution in [0.15, 0.2) is 24.8 Å². The normalized spacial score (nSPS) is 12.5. The fourth-order valence-electron chi connectivity index (χ4n) is 3.04. The van der Waals surface area contributed by atoms with Crippen molar-refractivity contribution in [3.8, 4) is 11.3 Å². The molecule has 0 fully saturated rings. The van der Waals surface area contributed by atoms with E-state index in [0.717, 1.165) is 12.5 Å². The van der Waals surface area contributed by atoms with Crippen molar-refractivity contribution in [3.05, 3.63) is 53.0 Å². The molecule has 0 saturated carbocycles. The number of carbonyl (C=O) groups is 4. The minimum absolute atomic E-state index is 0.0173. The standard InChI is InChI=1S/C20H18N2O6/c1-3-4-5-6-28-9-14(23)13-8-11(20(26)27)15-16-12(7-10(2)21-16)18(24)19(25)17(15)22-13/h3,7-8,21H,1,4-6,9H2,2H3,(H,26,27). The molecule has 8 heteroatoms. The van der Waals surface area contributed by atoms with Gasteiger partial charge in [0.2, 0.25) is 11.6 Å². The molecule has 144 valence electrons. The number of hydrogen-bond acceptors (Lipinski definition) is 6. The van der Waals surface area contributed by atoms with Gasteiger partial charge in [-0.25, -0.2) is 9.78 Å². The van der Waals surface area contributed by atoms with Gasteiger partial charge in [-0.15, -0.1) is 6.58 Å². The van der Waals surface area contributed by atoms with Crippen molar-refractivity contribution < 1.29 is 29.0 Å². The summed E-state index contributed by atoms with van der Waals surface area (Å²) >= 11 is 0. The second kappa shape index (κ2) is 7.69. The Labute approximate surface area is 160 Å². The number of unbranched alkanes of at least 4 members (excludes halogenated alkanes) is 1. The molecule has 0 atom stereocenters. The van der Waals surface area contributed by atoms with E-state index in [2.05, 4.69) is 16.5 Å². The maximum absolute atomic E-state index is 12.5. The van der Waals surface area contributed by atoms with Crippen molar-refractivity contribution in [2.45, 2.75) is 19.8 Å². The third-order valence-corrected chi connectivity index (χ3v) is 4.33. The molecule has 2 aromatic rings. The predicted molar refractivity (Wildman–Crippen MR) is 99.0 cm³/mol. The number of rotatable bonds is 8. The summed E-state index contributed by atoms with van der Waals surface area (Å²) in [5.41, 5.74) is 0.101. The van der Waals surface area contributed by atoms with E-state index >= 15 is 0 Å². The highest BCUT2D eigenvalue weighted by molar-refractivity contribution is 6.52. The van der Waals surface area contributed by atoms with E-state index in [9.17, 15) is 24.3 Å². The Morgan fingerprint density at radius 1 is 1.29 bits per heavy atom. The molecule has 0 radical (unpaired) electrons. The molecule has 0 spiro atoms. The van der Waals surface area contributed by atoms with Crippen LogP contribution in [0.4, 0.5) is 0 Å². The number of fused-ring (bicyclic) bond motifs is 3. The number of ketones is 3. The monoisotopic (exact) mass is 382 g/mol. The van der Waals surface area contributed by atoms with Crippen LogP contribution in [0.2, 0.25) is 0 Å². The number of nitrogens with zero attached hydrogens (tertiary/aromatic N) is 1. The lowest BCUT2D eigenvalue weighted by Gasteiger charge is -2.17. The van der Waals surface area contributed by atoms with E-state index in [4.69, 9.17) is 4.74 Å². The molecular formula is C20H18N2O6. The van der Waals surface area contributed by atoms with Crippen LogP contribution < -0.4 is 0 Å². The highest BCUT2D eigenvalue weighted by Crippen LogP contribution is 2.35. The van der Waals surface area contributed by atoms with Crippen LogP contribution in [0.5, 0.6) is 0 Å². The summed E-state index contributed by atoms with van der Waals surface area (Å²) in [6.07, 6.45) is 3.16. The van der Waals surface area contributed by atoms with Crippen molar-refractivity contribution in [2.24, 2.45) is 0 Å². The molecule has 0 saturated heterocycles. The fraction of sp³-hybridized carbons (Fsp3) is 0.250. The Morgan fingerprint density at radius 3 is 2.71 bits per heavy atom. The maximum atomic E-state index is 12.5. The Morgan fingerprint density at radius 2 is 2.04 bits per heavy atom. The number of allylic oxidation sites excluding steroid dienone is 1. The second-order valence-corrected chi connectivity index (χ2v) is 6.39. The molecule has 0 unspecified atom stereocenters. The number of aromatic amines is 1. The number of hydrogen-bond donors (Lipinski definition) is 2. The number of pyridine rings is 1. The molecule has 3 rings (SSSR count). The maximum Gasteiger partial charge on any atom is 0.336 e. The molecule has 0 bridgehead atoms. The van der Waals surface area contributed by atoms with Crippen molar-refractivity contribution in [3.63, 3.8) is 0 Å². The average molecular weight is 382 g/mol. The lowest BCUT2D eigenvalue weighted by atomic mass is 9.88. The lowest BCUT2D eigenvalue weighted by Crippen LogP contribution is -2.26. The van der Waals surface area contributed by atoms with Crippen LogP contribution in [0.3, 0.4) is 0 Å². The van der Waals surface area contributed by atoms with Gasteiger partial charge in [0.05, 0.1) is 16.8 Å². The van der Waals surface area contributed by atoms with Crippen LogP contribution in [-0.2, 0) is 4.74 Å². The first-order chi connectivity index (χ1) is 13.3. The van der Waals surface area contributed by atoms with E-state index in [1.54, 1.807) is 13.0 Å². The number of nitrogens with one attached hydrogen (secondary N) is 1. The molecule has 0 aromatic carbocycles. The Balaban J connectivity index is 2.02. The summed E-state index contributed by atoms with van der Waals surface area (Å²) in [6.45, 7) is 5.30. The van der Waals surface area contributed by atoms with Crippen LogP contribution in [0.1, 0.15) is 60.2 Å². The second-order valence-electron chi connectivity index (χ2n) is 6.39. The van der Waals surface area contributed by atoms with Crippen molar-refractivity contribution in [1.29, 1.82) is 0 Å². The molecule has 2 aromatic heterocycles. The number of H-pyrrole nitrogens is 1. The Kier molecular flexibility index (Phi) is 5.32. The van der Waals surface area contributed by atoms with Gasteiger partial charge >= 0.3 is 5.97 Å². The first kappa shape index (κ1) is 19.4. The Bertz CT molecular complexity index is 1020. The number of aromatic nitrogens is 2. The highest BCUT2D eigenvalue weighted by Gasteiger charge is 2.37. The van der Waals surface area contributed by atoms with Gasteiger partial charge in [-0.05, 0) is 31.9 Å². The zero-order valence-corrected chi connectivity index (χ0v) is 15.2. The summed E-state index contributed by atoms with van der Waals surface area (Å²) in [7, 11) is 0. The number of ether oxygens (including phenoxy) is 1. The molecule has 1 aliphatic rings. The summed E-state index contributed by atoms with van der Waals surface area (Å²) in [6, 6.07) is 2.60. The van der Waals surface area contributed by atoms with Crippen molar-refractivity contribution in [2.75, 3.05) is 13.2 Å². The third-order valence-electron chi connectivity index (χ3n) is 4.33.